The largest absolute Gasteiger partial charge is 0.354 e. The van der Waals surface area contributed by atoms with E-state index in [0.717, 1.165) is 17.7 Å². The molecule has 8 heteroatoms. The molecule has 0 aliphatic carbocycles. The first-order valence-electron chi connectivity index (χ1n) is 9.89. The number of rotatable bonds is 5. The zero-order chi connectivity index (χ0) is 20.7. The van der Waals surface area contributed by atoms with E-state index in [0.29, 0.717) is 21.9 Å². The topological polar surface area (TPSA) is 81.8 Å². The number of nitrogens with zero attached hydrogens (tertiary/aromatic N) is 4. The summed E-state index contributed by atoms with van der Waals surface area (Å²) in [6.07, 6.45) is 2.74. The van der Waals surface area contributed by atoms with Crippen molar-refractivity contribution in [3.05, 3.63) is 45.9 Å². The molecule has 1 aliphatic heterocycles. The van der Waals surface area contributed by atoms with Crippen LogP contribution in [-0.4, -0.2) is 37.0 Å². The monoisotopic (exact) mass is 411 g/mol. The van der Waals surface area contributed by atoms with Crippen LogP contribution >= 0.6 is 11.8 Å². The van der Waals surface area contributed by atoms with E-state index in [2.05, 4.69) is 16.5 Å². The first-order valence-corrected chi connectivity index (χ1v) is 10.9. The number of amides is 1. The van der Waals surface area contributed by atoms with Gasteiger partial charge < -0.3 is 5.32 Å². The SMILES string of the molecule is CCC(C)NC(=O)CC1CSc2nc3c(cnn3-c3ccc(C)cc3C)c(=O)n21. The van der Waals surface area contributed by atoms with Gasteiger partial charge in [0.25, 0.3) is 5.56 Å². The standard InChI is InChI=1S/C21H25N5O2S/c1-5-14(4)23-18(27)9-15-11-29-21-24-19-16(20(28)25(15)21)10-22-26(19)17-7-6-12(2)8-13(17)3/h6-8,10,14-15H,5,9,11H2,1-4H3,(H,23,27). The Labute approximate surface area is 173 Å². The summed E-state index contributed by atoms with van der Waals surface area (Å²) in [6, 6.07) is 6.05. The predicted octanol–water partition coefficient (Wildman–Crippen LogP) is 3.15. The normalized spacial score (nSPS) is 16.8. The van der Waals surface area contributed by atoms with Crippen molar-refractivity contribution in [2.45, 2.75) is 57.8 Å². The van der Waals surface area contributed by atoms with E-state index in [-0.39, 0.29) is 30.0 Å². The van der Waals surface area contributed by atoms with Crippen LogP contribution in [0.15, 0.2) is 34.3 Å². The Morgan fingerprint density at radius 1 is 1.38 bits per heavy atom. The Hall–Kier alpha value is -2.61. The highest BCUT2D eigenvalue weighted by atomic mass is 32.2. The summed E-state index contributed by atoms with van der Waals surface area (Å²) < 4.78 is 3.40. The minimum Gasteiger partial charge on any atom is -0.354 e. The fourth-order valence-corrected chi connectivity index (χ4v) is 4.78. The van der Waals surface area contributed by atoms with Gasteiger partial charge >= 0.3 is 0 Å². The van der Waals surface area contributed by atoms with E-state index < -0.39 is 0 Å². The van der Waals surface area contributed by atoms with Gasteiger partial charge in [-0.15, -0.1) is 0 Å². The summed E-state index contributed by atoms with van der Waals surface area (Å²) in [6.45, 7) is 8.08. The van der Waals surface area contributed by atoms with Crippen LogP contribution in [0.3, 0.4) is 0 Å². The fraction of sp³-hybridized carbons (Fsp3) is 0.429. The van der Waals surface area contributed by atoms with Crippen LogP contribution in [0.4, 0.5) is 0 Å². The molecule has 0 fully saturated rings. The molecule has 7 nitrogen and oxygen atoms in total. The maximum Gasteiger partial charge on any atom is 0.265 e. The maximum atomic E-state index is 13.2. The van der Waals surface area contributed by atoms with E-state index in [1.54, 1.807) is 15.4 Å². The lowest BCUT2D eigenvalue weighted by molar-refractivity contribution is -0.122. The Kier molecular flexibility index (Phi) is 5.21. The summed E-state index contributed by atoms with van der Waals surface area (Å²) in [5.74, 6) is 0.635. The third kappa shape index (κ3) is 3.57. The van der Waals surface area contributed by atoms with Crippen LogP contribution in [0.5, 0.6) is 0 Å². The zero-order valence-corrected chi connectivity index (χ0v) is 17.9. The number of hydrogen-bond donors (Lipinski definition) is 1. The Morgan fingerprint density at radius 2 is 2.17 bits per heavy atom. The molecule has 3 heterocycles. The lowest BCUT2D eigenvalue weighted by atomic mass is 10.1. The molecule has 1 aliphatic rings. The lowest BCUT2D eigenvalue weighted by Crippen LogP contribution is -2.35. The zero-order valence-electron chi connectivity index (χ0n) is 17.1. The molecule has 2 atom stereocenters. The van der Waals surface area contributed by atoms with E-state index in [1.807, 2.05) is 39.8 Å². The number of nitrogens with one attached hydrogen (secondary N) is 1. The highest BCUT2D eigenvalue weighted by Crippen LogP contribution is 2.33. The predicted molar refractivity (Wildman–Crippen MR) is 115 cm³/mol. The van der Waals surface area contributed by atoms with Crippen molar-refractivity contribution in [3.8, 4) is 5.69 Å². The summed E-state index contributed by atoms with van der Waals surface area (Å²) >= 11 is 1.52. The minimum atomic E-state index is -0.187. The van der Waals surface area contributed by atoms with Crippen LogP contribution < -0.4 is 10.9 Å². The van der Waals surface area contributed by atoms with Gasteiger partial charge in [-0.3, -0.25) is 14.2 Å². The quantitative estimate of drug-likeness (QED) is 0.652. The summed E-state index contributed by atoms with van der Waals surface area (Å²) in [5, 5.41) is 8.55. The smallest absolute Gasteiger partial charge is 0.265 e. The Morgan fingerprint density at radius 3 is 2.90 bits per heavy atom. The molecule has 29 heavy (non-hydrogen) atoms. The first-order chi connectivity index (χ1) is 13.9. The van der Waals surface area contributed by atoms with Gasteiger partial charge in [-0.2, -0.15) is 5.10 Å². The molecule has 0 radical (unpaired) electrons. The van der Waals surface area contributed by atoms with Crippen LogP contribution in [-0.2, 0) is 4.79 Å². The molecule has 2 unspecified atom stereocenters. The molecule has 0 saturated heterocycles. The van der Waals surface area contributed by atoms with Crippen molar-refractivity contribution >= 4 is 28.7 Å². The van der Waals surface area contributed by atoms with Gasteiger partial charge in [0.2, 0.25) is 5.91 Å². The van der Waals surface area contributed by atoms with E-state index in [1.165, 1.54) is 17.3 Å². The fourth-order valence-electron chi connectivity index (χ4n) is 3.65. The number of hydrogen-bond acceptors (Lipinski definition) is 5. The van der Waals surface area contributed by atoms with Gasteiger partial charge in [0.05, 0.1) is 17.9 Å². The molecular weight excluding hydrogens is 386 g/mol. The number of aryl methyl sites for hydroxylation is 2. The number of aromatic nitrogens is 4. The third-order valence-corrected chi connectivity index (χ3v) is 6.49. The number of fused-ring (bicyclic) bond motifs is 2. The lowest BCUT2D eigenvalue weighted by Gasteiger charge is -2.16. The molecule has 1 amide bonds. The van der Waals surface area contributed by atoms with Gasteiger partial charge in [-0.05, 0) is 38.8 Å². The summed E-state index contributed by atoms with van der Waals surface area (Å²) in [5.41, 5.74) is 3.59. The molecule has 3 aromatic rings. The second-order valence-corrected chi connectivity index (χ2v) is 8.69. The molecule has 0 bridgehead atoms. The molecule has 4 rings (SSSR count). The third-order valence-electron chi connectivity index (χ3n) is 5.39. The van der Waals surface area contributed by atoms with Crippen molar-refractivity contribution in [2.24, 2.45) is 0 Å². The van der Waals surface area contributed by atoms with Crippen LogP contribution in [0, 0.1) is 13.8 Å². The van der Waals surface area contributed by atoms with Gasteiger partial charge in [-0.1, -0.05) is 36.4 Å². The number of carbonyl (C=O) groups is 1. The molecule has 0 saturated carbocycles. The number of thioether (sulfide) groups is 1. The molecule has 1 aromatic carbocycles. The first kappa shape index (κ1) is 19.7. The van der Waals surface area contributed by atoms with Gasteiger partial charge in [-0.25, -0.2) is 9.67 Å². The van der Waals surface area contributed by atoms with Crippen molar-refractivity contribution in [2.75, 3.05) is 5.75 Å². The molecule has 1 N–H and O–H groups in total. The van der Waals surface area contributed by atoms with E-state index >= 15 is 0 Å². The van der Waals surface area contributed by atoms with Crippen molar-refractivity contribution in [3.63, 3.8) is 0 Å². The van der Waals surface area contributed by atoms with Gasteiger partial charge in [0.15, 0.2) is 10.8 Å². The van der Waals surface area contributed by atoms with Gasteiger partial charge in [0.1, 0.15) is 5.39 Å². The highest BCUT2D eigenvalue weighted by molar-refractivity contribution is 7.99. The van der Waals surface area contributed by atoms with E-state index in [4.69, 9.17) is 4.98 Å². The Balaban J connectivity index is 1.72. The van der Waals surface area contributed by atoms with E-state index in [9.17, 15) is 9.59 Å². The van der Waals surface area contributed by atoms with Gasteiger partial charge in [0, 0.05) is 18.2 Å². The van der Waals surface area contributed by atoms with Crippen molar-refractivity contribution in [1.29, 1.82) is 0 Å². The maximum absolute atomic E-state index is 13.2. The van der Waals surface area contributed by atoms with Crippen molar-refractivity contribution < 1.29 is 4.79 Å². The Bertz CT molecular complexity index is 1150. The average molecular weight is 412 g/mol. The summed E-state index contributed by atoms with van der Waals surface area (Å²) in [7, 11) is 0. The van der Waals surface area contributed by atoms with Crippen LogP contribution in [0.1, 0.15) is 43.9 Å². The number of carbonyl (C=O) groups excluding carboxylic acids is 1. The second-order valence-electron chi connectivity index (χ2n) is 7.70. The van der Waals surface area contributed by atoms with Crippen LogP contribution in [0.25, 0.3) is 16.7 Å². The highest BCUT2D eigenvalue weighted by Gasteiger charge is 2.29. The molecule has 2 aromatic heterocycles. The van der Waals surface area contributed by atoms with Crippen molar-refractivity contribution in [1.82, 2.24) is 24.6 Å². The summed E-state index contributed by atoms with van der Waals surface area (Å²) in [4.78, 5) is 30.3. The average Bonchev–Trinajstić information content (AvgIpc) is 3.27. The van der Waals surface area contributed by atoms with Crippen LogP contribution in [0.2, 0.25) is 0 Å². The second kappa shape index (κ2) is 7.67. The molecule has 152 valence electrons. The minimum absolute atomic E-state index is 0.0317. The molecule has 0 spiro atoms. The molecular formula is C21H25N5O2S. The number of benzene rings is 1.